The summed E-state index contributed by atoms with van der Waals surface area (Å²) in [4.78, 5) is 2.85. The second kappa shape index (κ2) is 7.83. The maximum Gasteiger partial charge on any atom is 0.419 e. The topological polar surface area (TPSA) is 97.1 Å². The Morgan fingerprint density at radius 3 is 2.11 bits per heavy atom. The molecule has 4 N–H and O–H groups in total. The van der Waals surface area contributed by atoms with Gasteiger partial charge in [0.25, 0.3) is 0 Å². The smallest absolute Gasteiger partial charge is 0.383 e. The lowest BCUT2D eigenvalue weighted by atomic mass is 10.1. The molecule has 1 aromatic carbocycles. The van der Waals surface area contributed by atoms with E-state index in [1.807, 2.05) is 0 Å². The van der Waals surface area contributed by atoms with Gasteiger partial charge < -0.3 is 10.6 Å². The van der Waals surface area contributed by atoms with Crippen LogP contribution in [0.1, 0.15) is 11.1 Å². The quantitative estimate of drug-likeness (QED) is 0.485. The minimum Gasteiger partial charge on any atom is -0.383 e. The second-order valence-electron chi connectivity index (χ2n) is 5.50. The molecule has 0 fully saturated rings. The van der Waals surface area contributed by atoms with Gasteiger partial charge in [-0.1, -0.05) is 0 Å². The Labute approximate surface area is 155 Å². The molecule has 1 heterocycles. The van der Waals surface area contributed by atoms with Crippen molar-refractivity contribution < 1.29 is 34.8 Å². The van der Waals surface area contributed by atoms with Gasteiger partial charge in [-0.2, -0.15) is 26.3 Å². The fourth-order valence-corrected chi connectivity index (χ4v) is 2.78. The zero-order valence-electron chi connectivity index (χ0n) is 13.9. The largest absolute Gasteiger partial charge is 0.419 e. The highest BCUT2D eigenvalue weighted by Gasteiger charge is 2.35. The number of alkyl halides is 6. The number of primary sulfonamides is 1. The van der Waals surface area contributed by atoms with Crippen molar-refractivity contribution in [1.82, 2.24) is 4.98 Å². The molecule has 0 aliphatic heterocycles. The molecule has 13 heteroatoms. The van der Waals surface area contributed by atoms with E-state index in [1.165, 1.54) is 0 Å². The summed E-state index contributed by atoms with van der Waals surface area (Å²) < 4.78 is 100. The van der Waals surface area contributed by atoms with Crippen LogP contribution in [0.2, 0.25) is 0 Å². The van der Waals surface area contributed by atoms with Crippen LogP contribution in [0.4, 0.5) is 37.8 Å². The number of hydrogen-bond acceptors (Lipinski definition) is 5. The lowest BCUT2D eigenvalue weighted by Gasteiger charge is -2.17. The van der Waals surface area contributed by atoms with Gasteiger partial charge in [-0.3, -0.25) is 0 Å². The minimum absolute atomic E-state index is 0.186. The Bertz CT molecular complexity index is 944. The molecular formula is C15H14F6N4O2S. The SMILES string of the molecule is NS(=O)(=O)c1ccc(NCCNc2ncccc2C(F)(F)F)c(C(F)(F)F)c1. The lowest BCUT2D eigenvalue weighted by Crippen LogP contribution is -2.20. The number of nitrogens with zero attached hydrogens (tertiary/aromatic N) is 1. The van der Waals surface area contributed by atoms with E-state index >= 15 is 0 Å². The molecule has 1 aromatic heterocycles. The summed E-state index contributed by atoms with van der Waals surface area (Å²) in [6.07, 6.45) is -8.38. The van der Waals surface area contributed by atoms with Crippen LogP contribution < -0.4 is 15.8 Å². The van der Waals surface area contributed by atoms with Crippen LogP contribution >= 0.6 is 0 Å². The molecule has 28 heavy (non-hydrogen) atoms. The van der Waals surface area contributed by atoms with E-state index < -0.39 is 49.9 Å². The summed E-state index contributed by atoms with van der Waals surface area (Å²) in [6, 6.07) is 4.07. The lowest BCUT2D eigenvalue weighted by molar-refractivity contribution is -0.138. The summed E-state index contributed by atoms with van der Waals surface area (Å²) in [6.45, 7) is -0.389. The number of hydrogen-bond donors (Lipinski definition) is 3. The van der Waals surface area contributed by atoms with Crippen LogP contribution in [0.25, 0.3) is 0 Å². The number of nitrogens with one attached hydrogen (secondary N) is 2. The Balaban J connectivity index is 2.12. The number of sulfonamides is 1. The van der Waals surface area contributed by atoms with Crippen molar-refractivity contribution in [1.29, 1.82) is 0 Å². The summed E-state index contributed by atoms with van der Waals surface area (Å²) in [5.74, 6) is -0.461. The first kappa shape index (κ1) is 21.8. The van der Waals surface area contributed by atoms with Gasteiger partial charge in [-0.25, -0.2) is 18.5 Å². The van der Waals surface area contributed by atoms with E-state index in [0.29, 0.717) is 6.07 Å². The third-order valence-corrected chi connectivity index (χ3v) is 4.38. The molecule has 0 unspecified atom stereocenters. The van der Waals surface area contributed by atoms with Gasteiger partial charge in [0.15, 0.2) is 0 Å². The molecule has 0 aliphatic carbocycles. The maximum atomic E-state index is 13.1. The minimum atomic E-state index is -4.87. The first-order chi connectivity index (χ1) is 12.8. The predicted molar refractivity (Wildman–Crippen MR) is 89.0 cm³/mol. The third kappa shape index (κ3) is 5.48. The highest BCUT2D eigenvalue weighted by atomic mass is 32.2. The number of anilines is 2. The number of pyridine rings is 1. The summed E-state index contributed by atoms with van der Waals surface area (Å²) in [5, 5.41) is 9.62. The molecule has 0 atom stereocenters. The molecule has 2 aromatic rings. The van der Waals surface area contributed by atoms with Gasteiger partial charge in [-0.15, -0.1) is 0 Å². The molecule has 154 valence electrons. The predicted octanol–water partition coefficient (Wildman–Crippen LogP) is 3.29. The fourth-order valence-electron chi connectivity index (χ4n) is 2.24. The fraction of sp³-hybridized carbons (Fsp3) is 0.267. The van der Waals surface area contributed by atoms with E-state index in [-0.39, 0.29) is 13.1 Å². The van der Waals surface area contributed by atoms with E-state index in [1.54, 1.807) is 0 Å². The van der Waals surface area contributed by atoms with Crippen LogP contribution in [-0.2, 0) is 22.4 Å². The monoisotopic (exact) mass is 428 g/mol. The summed E-state index contributed by atoms with van der Waals surface area (Å²) in [5.41, 5.74) is -2.73. The zero-order valence-corrected chi connectivity index (χ0v) is 14.7. The van der Waals surface area contributed by atoms with Crippen molar-refractivity contribution in [2.24, 2.45) is 5.14 Å². The standard InChI is InChI=1S/C15H14F6N4O2S/c16-14(17,18)10-2-1-5-24-13(10)25-7-6-23-12-4-3-9(28(22,26)27)8-11(12)15(19,20)21/h1-5,8,23H,6-7H2,(H,24,25)(H2,22,26,27). The first-order valence-corrected chi connectivity index (χ1v) is 9.09. The van der Waals surface area contributed by atoms with Crippen molar-refractivity contribution >= 4 is 21.5 Å². The highest BCUT2D eigenvalue weighted by Crippen LogP contribution is 2.36. The van der Waals surface area contributed by atoms with E-state index in [4.69, 9.17) is 5.14 Å². The molecule has 2 rings (SSSR count). The number of rotatable bonds is 6. The number of aromatic nitrogens is 1. The Morgan fingerprint density at radius 2 is 1.54 bits per heavy atom. The van der Waals surface area contributed by atoms with Crippen molar-refractivity contribution in [3.63, 3.8) is 0 Å². The van der Waals surface area contributed by atoms with Gasteiger partial charge >= 0.3 is 12.4 Å². The van der Waals surface area contributed by atoms with Crippen molar-refractivity contribution in [2.75, 3.05) is 23.7 Å². The van der Waals surface area contributed by atoms with Gasteiger partial charge in [0, 0.05) is 25.0 Å². The average Bonchev–Trinajstić information content (AvgIpc) is 2.56. The van der Waals surface area contributed by atoms with Crippen LogP contribution in [0.15, 0.2) is 41.4 Å². The summed E-state index contributed by atoms with van der Waals surface area (Å²) >= 11 is 0. The van der Waals surface area contributed by atoms with Crippen molar-refractivity contribution in [3.8, 4) is 0 Å². The van der Waals surface area contributed by atoms with Gasteiger partial charge in [-0.05, 0) is 30.3 Å². The molecule has 0 aliphatic rings. The molecule has 0 bridgehead atoms. The van der Waals surface area contributed by atoms with Gasteiger partial charge in [0.05, 0.1) is 16.0 Å². The normalized spacial score (nSPS) is 12.7. The van der Waals surface area contributed by atoms with Crippen molar-refractivity contribution in [3.05, 3.63) is 47.7 Å². The molecule has 0 radical (unpaired) electrons. The van der Waals surface area contributed by atoms with E-state index in [2.05, 4.69) is 15.6 Å². The van der Waals surface area contributed by atoms with Crippen LogP contribution in [0.3, 0.4) is 0 Å². The number of halogens is 6. The second-order valence-corrected chi connectivity index (χ2v) is 7.06. The molecule has 0 spiro atoms. The third-order valence-electron chi connectivity index (χ3n) is 3.47. The molecule has 0 amide bonds. The maximum absolute atomic E-state index is 13.1. The van der Waals surface area contributed by atoms with E-state index in [0.717, 1.165) is 30.5 Å². The Hall–Kier alpha value is -2.54. The molecule has 6 nitrogen and oxygen atoms in total. The van der Waals surface area contributed by atoms with Gasteiger partial charge in [0.2, 0.25) is 10.0 Å². The number of benzene rings is 1. The molecule has 0 saturated carbocycles. The van der Waals surface area contributed by atoms with Crippen molar-refractivity contribution in [2.45, 2.75) is 17.2 Å². The Kier molecular flexibility index (Phi) is 6.09. The average molecular weight is 428 g/mol. The zero-order chi connectivity index (χ0) is 21.2. The number of nitrogens with two attached hydrogens (primary N) is 1. The first-order valence-electron chi connectivity index (χ1n) is 7.54. The van der Waals surface area contributed by atoms with Crippen LogP contribution in [-0.4, -0.2) is 26.5 Å². The summed E-state index contributed by atoms with van der Waals surface area (Å²) in [7, 11) is -4.34. The van der Waals surface area contributed by atoms with Crippen LogP contribution in [0, 0.1) is 0 Å². The molecular weight excluding hydrogens is 414 g/mol. The van der Waals surface area contributed by atoms with Crippen LogP contribution in [0.5, 0.6) is 0 Å². The van der Waals surface area contributed by atoms with E-state index in [9.17, 15) is 34.8 Å². The molecule has 0 saturated heterocycles. The van der Waals surface area contributed by atoms with Gasteiger partial charge in [0.1, 0.15) is 5.82 Å². The highest BCUT2D eigenvalue weighted by molar-refractivity contribution is 7.89. The Morgan fingerprint density at radius 1 is 0.929 bits per heavy atom.